The highest BCUT2D eigenvalue weighted by molar-refractivity contribution is 5.83. The number of ether oxygens (including phenoxy) is 1. The van der Waals surface area contributed by atoms with Gasteiger partial charge in [0.1, 0.15) is 11.8 Å². The van der Waals surface area contributed by atoms with Crippen molar-refractivity contribution in [2.24, 2.45) is 5.10 Å². The lowest BCUT2D eigenvalue weighted by atomic mass is 10.0. The van der Waals surface area contributed by atoms with Gasteiger partial charge >= 0.3 is 0 Å². The van der Waals surface area contributed by atoms with E-state index in [2.05, 4.69) is 29.4 Å². The summed E-state index contributed by atoms with van der Waals surface area (Å²) in [5.41, 5.74) is 3.82. The minimum atomic E-state index is 0.204. The van der Waals surface area contributed by atoms with E-state index in [1.165, 1.54) is 0 Å². The van der Waals surface area contributed by atoms with Gasteiger partial charge in [-0.2, -0.15) is 10.4 Å². The molecule has 24 heavy (non-hydrogen) atoms. The average Bonchev–Trinajstić information content (AvgIpc) is 3.01. The highest BCUT2D eigenvalue weighted by Crippen LogP contribution is 2.27. The van der Waals surface area contributed by atoms with E-state index >= 15 is 0 Å². The molecule has 2 rings (SSSR count). The van der Waals surface area contributed by atoms with Crippen LogP contribution in [-0.4, -0.2) is 17.8 Å². The van der Waals surface area contributed by atoms with Crippen LogP contribution in [0, 0.1) is 11.3 Å². The van der Waals surface area contributed by atoms with Crippen molar-refractivity contribution in [2.75, 3.05) is 12.0 Å². The van der Waals surface area contributed by atoms with Crippen LogP contribution >= 0.6 is 0 Å². The highest BCUT2D eigenvalue weighted by atomic mass is 16.5. The Morgan fingerprint density at radius 3 is 2.75 bits per heavy atom. The third-order valence-electron chi connectivity index (χ3n) is 3.67. The molecule has 1 aromatic heterocycles. The number of nitrogens with zero attached hydrogens (tertiary/aromatic N) is 3. The van der Waals surface area contributed by atoms with Crippen molar-refractivity contribution in [3.05, 3.63) is 41.4 Å². The number of hydrogen-bond acceptors (Lipinski definition) is 6. The van der Waals surface area contributed by atoms with Crippen LogP contribution < -0.4 is 10.2 Å². The molecule has 0 unspecified atom stereocenters. The van der Waals surface area contributed by atoms with Gasteiger partial charge in [0, 0.05) is 11.5 Å². The minimum Gasteiger partial charge on any atom is -0.493 e. The number of nitriles is 1. The highest BCUT2D eigenvalue weighted by Gasteiger charge is 2.18. The SMILES string of the molecule is CCOc1ccccc1/C=N/Nc1oc(C(CC)CC)nc1C#N. The number of aromatic nitrogens is 1. The fraction of sp³-hybridized carbons (Fsp3) is 0.389. The molecule has 0 bridgehead atoms. The van der Waals surface area contributed by atoms with Gasteiger partial charge in [-0.1, -0.05) is 26.0 Å². The number of nitrogens with one attached hydrogen (secondary N) is 1. The van der Waals surface area contributed by atoms with Crippen LogP contribution in [0.15, 0.2) is 33.8 Å². The maximum Gasteiger partial charge on any atom is 0.252 e. The fourth-order valence-corrected chi connectivity index (χ4v) is 2.34. The van der Waals surface area contributed by atoms with E-state index in [9.17, 15) is 5.26 Å². The van der Waals surface area contributed by atoms with Crippen molar-refractivity contribution in [1.82, 2.24) is 4.98 Å². The van der Waals surface area contributed by atoms with Crippen molar-refractivity contribution in [2.45, 2.75) is 39.5 Å². The Bertz CT molecular complexity index is 727. The van der Waals surface area contributed by atoms with E-state index in [-0.39, 0.29) is 17.5 Å². The molecule has 0 atom stereocenters. The van der Waals surface area contributed by atoms with Crippen LogP contribution in [-0.2, 0) is 0 Å². The van der Waals surface area contributed by atoms with Crippen LogP contribution in [0.3, 0.4) is 0 Å². The first-order valence-electron chi connectivity index (χ1n) is 8.15. The Balaban J connectivity index is 2.16. The lowest BCUT2D eigenvalue weighted by Crippen LogP contribution is -1.97. The molecule has 1 N–H and O–H groups in total. The predicted octanol–water partition coefficient (Wildman–Crippen LogP) is 4.29. The summed E-state index contributed by atoms with van der Waals surface area (Å²) in [7, 11) is 0. The Morgan fingerprint density at radius 2 is 2.08 bits per heavy atom. The molecule has 0 saturated carbocycles. The molecular weight excluding hydrogens is 304 g/mol. The molecule has 6 nitrogen and oxygen atoms in total. The Hall–Kier alpha value is -2.81. The zero-order valence-corrected chi connectivity index (χ0v) is 14.2. The van der Waals surface area contributed by atoms with Gasteiger partial charge in [-0.3, -0.25) is 0 Å². The fourth-order valence-electron chi connectivity index (χ4n) is 2.34. The number of hydrogen-bond donors (Lipinski definition) is 1. The molecule has 0 aliphatic rings. The van der Waals surface area contributed by atoms with Gasteiger partial charge in [-0.15, -0.1) is 0 Å². The van der Waals surface area contributed by atoms with E-state index in [1.54, 1.807) is 6.21 Å². The number of oxazole rings is 1. The molecule has 0 saturated heterocycles. The van der Waals surface area contributed by atoms with Crippen molar-refractivity contribution in [3.63, 3.8) is 0 Å². The number of rotatable bonds is 8. The topological polar surface area (TPSA) is 83.4 Å². The number of anilines is 1. The second-order valence-electron chi connectivity index (χ2n) is 5.20. The smallest absolute Gasteiger partial charge is 0.252 e. The third kappa shape index (κ3) is 4.13. The first-order valence-corrected chi connectivity index (χ1v) is 8.15. The van der Waals surface area contributed by atoms with Crippen molar-refractivity contribution in [3.8, 4) is 11.8 Å². The summed E-state index contributed by atoms with van der Waals surface area (Å²) in [6.07, 6.45) is 3.45. The Labute approximate surface area is 142 Å². The molecule has 6 heteroatoms. The molecule has 0 aliphatic heterocycles. The van der Waals surface area contributed by atoms with Gasteiger partial charge in [0.2, 0.25) is 11.6 Å². The first-order chi connectivity index (χ1) is 11.7. The van der Waals surface area contributed by atoms with Crippen LogP contribution in [0.5, 0.6) is 5.75 Å². The van der Waals surface area contributed by atoms with Gasteiger partial charge in [-0.25, -0.2) is 10.4 Å². The van der Waals surface area contributed by atoms with Crippen LogP contribution in [0.2, 0.25) is 0 Å². The third-order valence-corrected chi connectivity index (χ3v) is 3.67. The maximum atomic E-state index is 9.21. The largest absolute Gasteiger partial charge is 0.493 e. The maximum absolute atomic E-state index is 9.21. The number of para-hydroxylation sites is 1. The molecule has 2 aromatic rings. The van der Waals surface area contributed by atoms with Crippen molar-refractivity contribution < 1.29 is 9.15 Å². The summed E-state index contributed by atoms with van der Waals surface area (Å²) < 4.78 is 11.2. The lowest BCUT2D eigenvalue weighted by Gasteiger charge is -2.06. The number of benzene rings is 1. The molecule has 0 radical (unpaired) electrons. The second kappa shape index (κ2) is 8.73. The lowest BCUT2D eigenvalue weighted by molar-refractivity contribution is 0.340. The summed E-state index contributed by atoms with van der Waals surface area (Å²) in [5.74, 6) is 1.80. The van der Waals surface area contributed by atoms with Gasteiger partial charge in [0.25, 0.3) is 5.88 Å². The van der Waals surface area contributed by atoms with E-state index in [0.717, 1.165) is 24.2 Å². The second-order valence-corrected chi connectivity index (χ2v) is 5.20. The van der Waals surface area contributed by atoms with Gasteiger partial charge in [0.05, 0.1) is 12.8 Å². The van der Waals surface area contributed by atoms with E-state index in [0.29, 0.717) is 12.5 Å². The normalized spacial score (nSPS) is 11.0. The monoisotopic (exact) mass is 326 g/mol. The molecule has 1 aromatic carbocycles. The van der Waals surface area contributed by atoms with E-state index in [1.807, 2.05) is 37.3 Å². The molecule has 0 aliphatic carbocycles. The average molecular weight is 326 g/mol. The minimum absolute atomic E-state index is 0.204. The summed E-state index contributed by atoms with van der Waals surface area (Å²) >= 11 is 0. The van der Waals surface area contributed by atoms with Gasteiger partial charge < -0.3 is 9.15 Å². The van der Waals surface area contributed by atoms with E-state index < -0.39 is 0 Å². The molecule has 0 amide bonds. The Morgan fingerprint density at radius 1 is 1.33 bits per heavy atom. The summed E-state index contributed by atoms with van der Waals surface area (Å²) in [4.78, 5) is 4.25. The zero-order chi connectivity index (χ0) is 17.4. The van der Waals surface area contributed by atoms with Crippen molar-refractivity contribution >= 4 is 12.1 Å². The standard InChI is InChI=1S/C18H22N4O2/c1-4-13(5-2)17-21-15(11-19)18(24-17)22-20-12-14-9-7-8-10-16(14)23-6-3/h7-10,12-13,22H,4-6H2,1-3H3/b20-12+. The van der Waals surface area contributed by atoms with E-state index in [4.69, 9.17) is 9.15 Å². The number of hydrazone groups is 1. The zero-order valence-electron chi connectivity index (χ0n) is 14.2. The molecule has 0 spiro atoms. The van der Waals surface area contributed by atoms with Crippen LogP contribution in [0.25, 0.3) is 0 Å². The molecule has 0 fully saturated rings. The molecule has 126 valence electrons. The van der Waals surface area contributed by atoms with Gasteiger partial charge in [0.15, 0.2) is 0 Å². The predicted molar refractivity (Wildman–Crippen MR) is 93.4 cm³/mol. The first kappa shape index (κ1) is 17.5. The van der Waals surface area contributed by atoms with Crippen molar-refractivity contribution in [1.29, 1.82) is 5.26 Å². The quantitative estimate of drug-likeness (QED) is 0.578. The van der Waals surface area contributed by atoms with Crippen LogP contribution in [0.4, 0.5) is 5.88 Å². The molecular formula is C18H22N4O2. The summed E-state index contributed by atoms with van der Waals surface area (Å²) in [6.45, 7) is 6.65. The molecule has 1 heterocycles. The Kier molecular flexibility index (Phi) is 6.38. The summed E-state index contributed by atoms with van der Waals surface area (Å²) in [6, 6.07) is 9.63. The summed E-state index contributed by atoms with van der Waals surface area (Å²) in [5, 5.41) is 13.4. The van der Waals surface area contributed by atoms with Crippen LogP contribution in [0.1, 0.15) is 56.7 Å². The van der Waals surface area contributed by atoms with Gasteiger partial charge in [-0.05, 0) is 31.9 Å².